The predicted molar refractivity (Wildman–Crippen MR) is 75.8 cm³/mol. The monoisotopic (exact) mass is 269 g/mol. The van der Waals surface area contributed by atoms with Crippen LogP contribution in [0, 0.1) is 0 Å². The fourth-order valence-corrected chi connectivity index (χ4v) is 2.49. The fourth-order valence-electron chi connectivity index (χ4n) is 2.49. The van der Waals surface area contributed by atoms with Gasteiger partial charge in [0, 0.05) is 25.6 Å². The van der Waals surface area contributed by atoms with Crippen LogP contribution in [-0.4, -0.2) is 48.4 Å². The first-order valence-corrected chi connectivity index (χ1v) is 7.40. The lowest BCUT2D eigenvalue weighted by Gasteiger charge is -2.25. The molecular formula is C14H27N3O2. The first-order valence-electron chi connectivity index (χ1n) is 7.40. The van der Waals surface area contributed by atoms with Crippen molar-refractivity contribution in [2.75, 3.05) is 19.6 Å². The highest BCUT2D eigenvalue weighted by Gasteiger charge is 2.22. The van der Waals surface area contributed by atoms with Crippen molar-refractivity contribution in [1.82, 2.24) is 15.5 Å². The third-order valence-electron chi connectivity index (χ3n) is 3.67. The molecule has 5 nitrogen and oxygen atoms in total. The molecule has 0 aromatic heterocycles. The van der Waals surface area contributed by atoms with Gasteiger partial charge in [0.05, 0.1) is 0 Å². The van der Waals surface area contributed by atoms with E-state index >= 15 is 0 Å². The van der Waals surface area contributed by atoms with E-state index in [2.05, 4.69) is 10.6 Å². The van der Waals surface area contributed by atoms with E-state index in [1.807, 2.05) is 13.8 Å². The van der Waals surface area contributed by atoms with Crippen molar-refractivity contribution in [2.45, 2.75) is 58.5 Å². The van der Waals surface area contributed by atoms with Crippen molar-refractivity contribution >= 4 is 11.8 Å². The average molecular weight is 269 g/mol. The van der Waals surface area contributed by atoms with E-state index in [4.69, 9.17) is 0 Å². The Balaban J connectivity index is 2.36. The summed E-state index contributed by atoms with van der Waals surface area (Å²) in [5.74, 6) is -0.0395. The summed E-state index contributed by atoms with van der Waals surface area (Å²) in [7, 11) is 0. The Labute approximate surface area is 116 Å². The highest BCUT2D eigenvalue weighted by molar-refractivity contribution is 5.87. The Bertz CT molecular complexity index is 297. The molecule has 0 aliphatic carbocycles. The first kappa shape index (κ1) is 16.0. The van der Waals surface area contributed by atoms with E-state index in [9.17, 15) is 9.59 Å². The van der Waals surface area contributed by atoms with Crippen molar-refractivity contribution in [1.29, 1.82) is 0 Å². The third-order valence-corrected chi connectivity index (χ3v) is 3.67. The van der Waals surface area contributed by atoms with Crippen molar-refractivity contribution in [3.8, 4) is 0 Å². The van der Waals surface area contributed by atoms with E-state index in [1.54, 1.807) is 11.8 Å². The maximum absolute atomic E-state index is 12.0. The van der Waals surface area contributed by atoms with Gasteiger partial charge in [0.25, 0.3) is 0 Å². The smallest absolute Gasteiger partial charge is 0.244 e. The number of carbonyl (C=O) groups excluding carboxylic acids is 2. The molecule has 1 aliphatic rings. The summed E-state index contributed by atoms with van der Waals surface area (Å²) in [6, 6.07) is -0.166. The van der Waals surface area contributed by atoms with Gasteiger partial charge in [-0.05, 0) is 40.2 Å². The van der Waals surface area contributed by atoms with Crippen LogP contribution in [0.1, 0.15) is 46.5 Å². The molecule has 0 radical (unpaired) electrons. The first-order chi connectivity index (χ1) is 9.08. The fraction of sp³-hybridized carbons (Fsp3) is 0.857. The second kappa shape index (κ2) is 8.15. The van der Waals surface area contributed by atoms with Gasteiger partial charge in [0.15, 0.2) is 0 Å². The van der Waals surface area contributed by atoms with Crippen molar-refractivity contribution in [3.63, 3.8) is 0 Å². The number of nitrogens with one attached hydrogen (secondary N) is 2. The van der Waals surface area contributed by atoms with Gasteiger partial charge >= 0.3 is 0 Å². The molecule has 0 spiro atoms. The number of rotatable bonds is 6. The zero-order chi connectivity index (χ0) is 14.3. The zero-order valence-corrected chi connectivity index (χ0v) is 12.4. The molecule has 2 amide bonds. The normalized spacial score (nSPS) is 20.7. The molecular weight excluding hydrogens is 242 g/mol. The molecule has 0 saturated carbocycles. The van der Waals surface area contributed by atoms with E-state index < -0.39 is 6.04 Å². The molecule has 1 heterocycles. The number of carbonyl (C=O) groups is 2. The summed E-state index contributed by atoms with van der Waals surface area (Å²) < 4.78 is 0. The lowest BCUT2D eigenvalue weighted by molar-refractivity contribution is -0.135. The van der Waals surface area contributed by atoms with E-state index in [-0.39, 0.29) is 17.9 Å². The standard InChI is InChI=1S/C14H27N3O2/c1-4-17(5-2)14(19)11(3)16-13(18)10-12-8-6-7-9-15-12/h11-12,15H,4-10H2,1-3H3,(H,16,18). The summed E-state index contributed by atoms with van der Waals surface area (Å²) in [4.78, 5) is 25.7. The lowest BCUT2D eigenvalue weighted by Crippen LogP contribution is -2.48. The number of likely N-dealkylation sites (N-methyl/N-ethyl adjacent to an activating group) is 1. The number of amides is 2. The molecule has 0 aromatic carbocycles. The van der Waals surface area contributed by atoms with Gasteiger partial charge < -0.3 is 15.5 Å². The van der Waals surface area contributed by atoms with Crippen LogP contribution in [0.15, 0.2) is 0 Å². The Morgan fingerprint density at radius 2 is 2.00 bits per heavy atom. The summed E-state index contributed by atoms with van der Waals surface area (Å²) in [5, 5.41) is 6.15. The second-order valence-electron chi connectivity index (χ2n) is 5.15. The molecule has 1 aliphatic heterocycles. The molecule has 1 saturated heterocycles. The third kappa shape index (κ3) is 5.19. The van der Waals surface area contributed by atoms with Crippen LogP contribution >= 0.6 is 0 Å². The molecule has 1 rings (SSSR count). The molecule has 1 fully saturated rings. The average Bonchev–Trinajstić information content (AvgIpc) is 2.40. The Morgan fingerprint density at radius 3 is 2.53 bits per heavy atom. The van der Waals surface area contributed by atoms with Crippen molar-refractivity contribution in [2.24, 2.45) is 0 Å². The minimum absolute atomic E-state index is 0.00467. The quantitative estimate of drug-likeness (QED) is 0.753. The molecule has 0 aromatic rings. The van der Waals surface area contributed by atoms with Crippen LogP contribution in [0.5, 0.6) is 0 Å². The second-order valence-corrected chi connectivity index (χ2v) is 5.15. The van der Waals surface area contributed by atoms with E-state index in [0.717, 1.165) is 13.0 Å². The zero-order valence-electron chi connectivity index (χ0n) is 12.4. The predicted octanol–water partition coefficient (Wildman–Crippen LogP) is 0.892. The van der Waals surface area contributed by atoms with E-state index in [0.29, 0.717) is 19.5 Å². The molecule has 5 heteroatoms. The highest BCUT2D eigenvalue weighted by atomic mass is 16.2. The number of hydrogen-bond donors (Lipinski definition) is 2. The topological polar surface area (TPSA) is 61.4 Å². The number of nitrogens with zero attached hydrogens (tertiary/aromatic N) is 1. The molecule has 0 bridgehead atoms. The van der Waals surface area contributed by atoms with Gasteiger partial charge in [-0.25, -0.2) is 0 Å². The maximum atomic E-state index is 12.0. The van der Waals surface area contributed by atoms with Gasteiger partial charge in [-0.3, -0.25) is 9.59 Å². The van der Waals surface area contributed by atoms with E-state index in [1.165, 1.54) is 12.8 Å². The molecule has 2 N–H and O–H groups in total. The minimum atomic E-state index is -0.434. The number of hydrogen-bond acceptors (Lipinski definition) is 3. The molecule has 2 atom stereocenters. The SMILES string of the molecule is CCN(CC)C(=O)C(C)NC(=O)CC1CCCCN1. The number of piperidine rings is 1. The summed E-state index contributed by atoms with van der Waals surface area (Å²) in [5.41, 5.74) is 0. The highest BCUT2D eigenvalue weighted by Crippen LogP contribution is 2.10. The summed E-state index contributed by atoms with van der Waals surface area (Å²) in [6.45, 7) is 8.00. The Hall–Kier alpha value is -1.10. The Kier molecular flexibility index (Phi) is 6.84. The van der Waals surface area contributed by atoms with Gasteiger partial charge in [0.2, 0.25) is 11.8 Å². The van der Waals surface area contributed by atoms with Crippen LogP contribution in [0.4, 0.5) is 0 Å². The lowest BCUT2D eigenvalue weighted by atomic mass is 10.0. The summed E-state index contributed by atoms with van der Waals surface area (Å²) in [6.07, 6.45) is 3.88. The maximum Gasteiger partial charge on any atom is 0.244 e. The van der Waals surface area contributed by atoms with Crippen LogP contribution < -0.4 is 10.6 Å². The minimum Gasteiger partial charge on any atom is -0.345 e. The van der Waals surface area contributed by atoms with Crippen molar-refractivity contribution in [3.05, 3.63) is 0 Å². The Morgan fingerprint density at radius 1 is 1.32 bits per heavy atom. The molecule has 110 valence electrons. The van der Waals surface area contributed by atoms with Gasteiger partial charge in [-0.15, -0.1) is 0 Å². The largest absolute Gasteiger partial charge is 0.345 e. The van der Waals surface area contributed by atoms with Crippen LogP contribution in [0.2, 0.25) is 0 Å². The van der Waals surface area contributed by atoms with Crippen LogP contribution in [0.3, 0.4) is 0 Å². The van der Waals surface area contributed by atoms with Gasteiger partial charge in [0.1, 0.15) is 6.04 Å². The van der Waals surface area contributed by atoms with Gasteiger partial charge in [-0.2, -0.15) is 0 Å². The van der Waals surface area contributed by atoms with Crippen LogP contribution in [0.25, 0.3) is 0 Å². The van der Waals surface area contributed by atoms with Crippen LogP contribution in [-0.2, 0) is 9.59 Å². The summed E-state index contributed by atoms with van der Waals surface area (Å²) >= 11 is 0. The molecule has 19 heavy (non-hydrogen) atoms. The van der Waals surface area contributed by atoms with Crippen molar-refractivity contribution < 1.29 is 9.59 Å². The van der Waals surface area contributed by atoms with Gasteiger partial charge in [-0.1, -0.05) is 6.42 Å². The molecule has 2 unspecified atom stereocenters.